The summed E-state index contributed by atoms with van der Waals surface area (Å²) in [6.45, 7) is 6.75. The van der Waals surface area contributed by atoms with Crippen LogP contribution in [0.5, 0.6) is 0 Å². The molecule has 1 aromatic heterocycles. The van der Waals surface area contributed by atoms with E-state index in [1.54, 1.807) is 0 Å². The number of benzene rings is 6. The Morgan fingerprint density at radius 2 is 1.10 bits per heavy atom. The third-order valence-corrected chi connectivity index (χ3v) is 9.50. The number of para-hydroxylation sites is 2. The standard InChI is InChI=1S/C46H40N4/c1-46(2,3)39-28-26-36(27-29-39)43-32-48-45(50(43)41-20-11-6-12-21-41)38-17-13-16-37(30-38)44-47-31-42(49(44)40-18-9-5-10-19-40)35-24-22-34(23-25-35)33-14-7-4-8-15-33/h4-32,44,47H,1-3H3. The minimum Gasteiger partial charge on any atom is -0.365 e. The van der Waals surface area contributed by atoms with E-state index >= 15 is 0 Å². The van der Waals surface area contributed by atoms with E-state index in [4.69, 9.17) is 4.98 Å². The van der Waals surface area contributed by atoms with E-state index in [9.17, 15) is 0 Å². The second kappa shape index (κ2) is 13.1. The molecule has 1 aliphatic rings. The predicted octanol–water partition coefficient (Wildman–Crippen LogP) is 11.3. The van der Waals surface area contributed by atoms with Crippen molar-refractivity contribution in [3.05, 3.63) is 193 Å². The molecule has 0 spiro atoms. The normalized spacial score (nSPS) is 14.3. The van der Waals surface area contributed by atoms with Gasteiger partial charge < -0.3 is 10.2 Å². The zero-order chi connectivity index (χ0) is 34.1. The Kier molecular flexibility index (Phi) is 8.14. The Labute approximate surface area is 295 Å². The van der Waals surface area contributed by atoms with Crippen molar-refractivity contribution in [1.82, 2.24) is 14.9 Å². The van der Waals surface area contributed by atoms with Crippen LogP contribution in [0.4, 0.5) is 5.69 Å². The lowest BCUT2D eigenvalue weighted by atomic mass is 9.86. The second-order valence-corrected chi connectivity index (χ2v) is 13.8. The van der Waals surface area contributed by atoms with Gasteiger partial charge in [-0.3, -0.25) is 4.57 Å². The first-order chi connectivity index (χ1) is 24.4. The number of aromatic nitrogens is 2. The Morgan fingerprint density at radius 1 is 0.540 bits per heavy atom. The fourth-order valence-corrected chi connectivity index (χ4v) is 6.84. The summed E-state index contributed by atoms with van der Waals surface area (Å²) in [6.07, 6.45) is 4.04. The molecule has 0 fully saturated rings. The number of nitrogens with zero attached hydrogens (tertiary/aromatic N) is 3. The van der Waals surface area contributed by atoms with E-state index in [0.717, 1.165) is 50.8 Å². The molecule has 1 atom stereocenters. The summed E-state index contributed by atoms with van der Waals surface area (Å²) >= 11 is 0. The molecule has 1 unspecified atom stereocenters. The lowest BCUT2D eigenvalue weighted by molar-refractivity contribution is 0.590. The third kappa shape index (κ3) is 6.01. The van der Waals surface area contributed by atoms with E-state index in [1.165, 1.54) is 16.7 Å². The molecule has 8 rings (SSSR count). The van der Waals surface area contributed by atoms with Gasteiger partial charge in [0.25, 0.3) is 0 Å². The Hall–Kier alpha value is -6.13. The lowest BCUT2D eigenvalue weighted by Crippen LogP contribution is -2.28. The Bertz CT molecular complexity index is 2240. The average molecular weight is 649 g/mol. The maximum atomic E-state index is 5.07. The molecule has 2 heterocycles. The van der Waals surface area contributed by atoms with Crippen molar-refractivity contribution in [2.24, 2.45) is 0 Å². The minimum absolute atomic E-state index is 0.0893. The minimum atomic E-state index is -0.106. The van der Waals surface area contributed by atoms with Crippen molar-refractivity contribution < 1.29 is 0 Å². The van der Waals surface area contributed by atoms with Gasteiger partial charge in [0.05, 0.1) is 17.6 Å². The van der Waals surface area contributed by atoms with Gasteiger partial charge in [-0.2, -0.15) is 0 Å². The van der Waals surface area contributed by atoms with Gasteiger partial charge in [0, 0.05) is 28.7 Å². The largest absolute Gasteiger partial charge is 0.365 e. The van der Waals surface area contributed by atoms with Gasteiger partial charge in [0.1, 0.15) is 12.0 Å². The Morgan fingerprint density at radius 3 is 1.76 bits per heavy atom. The zero-order valence-electron chi connectivity index (χ0n) is 28.7. The molecule has 0 saturated carbocycles. The first kappa shape index (κ1) is 31.2. The van der Waals surface area contributed by atoms with E-state index in [2.05, 4.69) is 206 Å². The molecule has 0 amide bonds. The van der Waals surface area contributed by atoms with E-state index in [0.29, 0.717) is 0 Å². The highest BCUT2D eigenvalue weighted by atomic mass is 15.3. The molecule has 0 saturated heterocycles. The van der Waals surface area contributed by atoms with Crippen LogP contribution in [0.1, 0.15) is 43.6 Å². The fraction of sp³-hybridized carbons (Fsp3) is 0.109. The monoisotopic (exact) mass is 648 g/mol. The molecule has 1 aliphatic heterocycles. The van der Waals surface area contributed by atoms with Crippen molar-refractivity contribution in [2.45, 2.75) is 32.4 Å². The first-order valence-electron chi connectivity index (χ1n) is 17.2. The maximum absolute atomic E-state index is 5.07. The van der Waals surface area contributed by atoms with Crippen LogP contribution < -0.4 is 10.2 Å². The molecule has 1 N–H and O–H groups in total. The van der Waals surface area contributed by atoms with Crippen molar-refractivity contribution in [3.8, 4) is 39.5 Å². The van der Waals surface area contributed by atoms with Gasteiger partial charge in [0.2, 0.25) is 0 Å². The Balaban J connectivity index is 1.17. The molecule has 244 valence electrons. The van der Waals surface area contributed by atoms with Gasteiger partial charge in [-0.1, -0.05) is 154 Å². The van der Waals surface area contributed by atoms with Crippen LogP contribution in [-0.2, 0) is 5.41 Å². The number of rotatable bonds is 7. The van der Waals surface area contributed by atoms with Crippen LogP contribution in [-0.4, -0.2) is 9.55 Å². The van der Waals surface area contributed by atoms with Gasteiger partial charge in [-0.25, -0.2) is 4.98 Å². The number of nitrogens with one attached hydrogen (secondary N) is 1. The lowest BCUT2D eigenvalue weighted by Gasteiger charge is -2.30. The van der Waals surface area contributed by atoms with Crippen molar-refractivity contribution in [1.29, 1.82) is 0 Å². The summed E-state index contributed by atoms with van der Waals surface area (Å²) in [7, 11) is 0. The molecule has 50 heavy (non-hydrogen) atoms. The number of hydrogen-bond donors (Lipinski definition) is 1. The van der Waals surface area contributed by atoms with Crippen LogP contribution in [0.25, 0.3) is 45.2 Å². The molecule has 0 aliphatic carbocycles. The van der Waals surface area contributed by atoms with Crippen LogP contribution in [0, 0.1) is 0 Å². The summed E-state index contributed by atoms with van der Waals surface area (Å²) in [6, 6.07) is 58.2. The first-order valence-corrected chi connectivity index (χ1v) is 17.2. The van der Waals surface area contributed by atoms with Crippen LogP contribution in [0.2, 0.25) is 0 Å². The maximum Gasteiger partial charge on any atom is 0.144 e. The zero-order valence-corrected chi connectivity index (χ0v) is 28.7. The van der Waals surface area contributed by atoms with Crippen molar-refractivity contribution in [2.75, 3.05) is 4.90 Å². The topological polar surface area (TPSA) is 33.1 Å². The van der Waals surface area contributed by atoms with Gasteiger partial charge in [-0.15, -0.1) is 0 Å². The molecule has 7 aromatic rings. The summed E-state index contributed by atoms with van der Waals surface area (Å²) in [4.78, 5) is 7.46. The molecular weight excluding hydrogens is 609 g/mol. The van der Waals surface area contributed by atoms with Crippen molar-refractivity contribution >= 4 is 11.4 Å². The highest BCUT2D eigenvalue weighted by Crippen LogP contribution is 2.40. The highest BCUT2D eigenvalue weighted by Gasteiger charge is 2.30. The van der Waals surface area contributed by atoms with Gasteiger partial charge in [-0.05, 0) is 63.6 Å². The third-order valence-electron chi connectivity index (χ3n) is 9.50. The van der Waals surface area contributed by atoms with E-state index < -0.39 is 0 Å². The molecular formula is C46H40N4. The fourth-order valence-electron chi connectivity index (χ4n) is 6.84. The average Bonchev–Trinajstić information content (AvgIpc) is 3.82. The quantitative estimate of drug-likeness (QED) is 0.187. The molecule has 6 aromatic carbocycles. The van der Waals surface area contributed by atoms with Crippen LogP contribution in [0.3, 0.4) is 0 Å². The predicted molar refractivity (Wildman–Crippen MR) is 208 cm³/mol. The van der Waals surface area contributed by atoms with Crippen molar-refractivity contribution in [3.63, 3.8) is 0 Å². The molecule has 0 bridgehead atoms. The van der Waals surface area contributed by atoms with Crippen LogP contribution >= 0.6 is 0 Å². The SMILES string of the molecule is CC(C)(C)c1ccc(-c2cnc(-c3cccc(C4NC=C(c5ccc(-c6ccccc6)cc5)N4c4ccccc4)c3)n2-c2ccccc2)cc1. The number of imidazole rings is 1. The summed E-state index contributed by atoms with van der Waals surface area (Å²) in [5, 5.41) is 3.73. The number of anilines is 1. The molecule has 4 heteroatoms. The van der Waals surface area contributed by atoms with Gasteiger partial charge in [0.15, 0.2) is 0 Å². The smallest absolute Gasteiger partial charge is 0.144 e. The van der Waals surface area contributed by atoms with E-state index in [1.807, 2.05) is 6.20 Å². The second-order valence-electron chi connectivity index (χ2n) is 13.8. The molecule has 0 radical (unpaired) electrons. The summed E-state index contributed by atoms with van der Waals surface area (Å²) < 4.78 is 2.28. The number of hydrogen-bond acceptors (Lipinski definition) is 3. The van der Waals surface area contributed by atoms with Gasteiger partial charge >= 0.3 is 0 Å². The summed E-state index contributed by atoms with van der Waals surface area (Å²) in [5.74, 6) is 0.905. The molecule has 4 nitrogen and oxygen atoms in total. The highest BCUT2D eigenvalue weighted by molar-refractivity contribution is 5.83. The summed E-state index contributed by atoms with van der Waals surface area (Å²) in [5.41, 5.74) is 12.7. The van der Waals surface area contributed by atoms with E-state index in [-0.39, 0.29) is 11.6 Å². The van der Waals surface area contributed by atoms with Crippen LogP contribution in [0.15, 0.2) is 176 Å².